The molecule has 9 nitrogen and oxygen atoms in total. The van der Waals surface area contributed by atoms with Gasteiger partial charge in [0.2, 0.25) is 0 Å². The zero-order valence-corrected chi connectivity index (χ0v) is 27.3. The fraction of sp³-hybridized carbons (Fsp3) is 0.649. The van der Waals surface area contributed by atoms with Crippen LogP contribution in [0.5, 0.6) is 0 Å². The lowest BCUT2D eigenvalue weighted by Gasteiger charge is -2.63. The molecular formula is C37H49N3O6. The molecule has 7 rings (SSSR count). The molecular weight excluding hydrogens is 582 g/mol. The van der Waals surface area contributed by atoms with E-state index < -0.39 is 5.60 Å². The van der Waals surface area contributed by atoms with Gasteiger partial charge in [0.1, 0.15) is 6.10 Å². The first kappa shape index (κ1) is 31.3. The Labute approximate surface area is 271 Å². The molecule has 2 N–H and O–H groups in total. The van der Waals surface area contributed by atoms with Crippen LogP contribution < -0.4 is 10.9 Å². The van der Waals surface area contributed by atoms with Crippen molar-refractivity contribution in [1.82, 2.24) is 15.1 Å². The zero-order chi connectivity index (χ0) is 32.1. The minimum atomic E-state index is -0.728. The molecule has 0 unspecified atom stereocenters. The summed E-state index contributed by atoms with van der Waals surface area (Å²) >= 11 is 0. The fourth-order valence-corrected chi connectivity index (χ4v) is 10.6. The van der Waals surface area contributed by atoms with Gasteiger partial charge in [0, 0.05) is 44.2 Å². The number of fused-ring (bicyclic) bond motifs is 5. The van der Waals surface area contributed by atoms with E-state index in [0.29, 0.717) is 44.6 Å². The Morgan fingerprint density at radius 3 is 2.41 bits per heavy atom. The van der Waals surface area contributed by atoms with Crippen LogP contribution in [0.1, 0.15) is 88.7 Å². The number of rotatable bonds is 4. The molecule has 3 amide bonds. The molecule has 9 heteroatoms. The summed E-state index contributed by atoms with van der Waals surface area (Å²) in [6, 6.07) is 13.1. The number of hydrogen-bond acceptors (Lipinski definition) is 6. The van der Waals surface area contributed by atoms with E-state index in [9.17, 15) is 19.5 Å². The van der Waals surface area contributed by atoms with Crippen LogP contribution in [-0.2, 0) is 11.3 Å². The number of piperazine rings is 1. The van der Waals surface area contributed by atoms with Gasteiger partial charge in [-0.1, -0.05) is 44.2 Å². The standard InChI is InChI=1S/C37H49N3O6/c1-35-15-12-28(46-34(43)40-20-18-39(19-21-40)33(42)38-23-25-6-4-3-5-7-25)22-27(35)9-10-31-30(35)13-16-36(2)29(14-17-37(31,36)44)26-8-11-32(41)45-24-26/h3-8,11,24,27-31,44H,9-10,12-23H2,1-2H3,(H,38,42)/t27-,28+,29-,30+,31-,35+,36-,37+/m1/s1. The number of nitrogens with one attached hydrogen (secondary N) is 1. The van der Waals surface area contributed by atoms with Crippen LogP contribution in [-0.4, -0.2) is 64.9 Å². The first-order chi connectivity index (χ1) is 22.1. The van der Waals surface area contributed by atoms with Gasteiger partial charge in [-0.15, -0.1) is 0 Å². The Morgan fingerprint density at radius 1 is 0.913 bits per heavy atom. The summed E-state index contributed by atoms with van der Waals surface area (Å²) in [5.41, 5.74) is 0.914. The number of hydrogen-bond donors (Lipinski definition) is 2. The second kappa shape index (κ2) is 12.0. The van der Waals surface area contributed by atoms with Crippen LogP contribution in [0.15, 0.2) is 57.9 Å². The Morgan fingerprint density at radius 2 is 1.67 bits per heavy atom. The van der Waals surface area contributed by atoms with Gasteiger partial charge < -0.3 is 29.4 Å². The molecule has 1 aliphatic heterocycles. The first-order valence-electron chi connectivity index (χ1n) is 17.4. The monoisotopic (exact) mass is 631 g/mol. The number of carbonyl (C=O) groups excluding carboxylic acids is 2. The van der Waals surface area contributed by atoms with Gasteiger partial charge in [-0.25, -0.2) is 14.4 Å². The van der Waals surface area contributed by atoms with Crippen LogP contribution in [0, 0.1) is 28.6 Å². The summed E-state index contributed by atoms with van der Waals surface area (Å²) in [5, 5.41) is 15.5. The van der Waals surface area contributed by atoms with Crippen molar-refractivity contribution in [2.24, 2.45) is 28.6 Å². The lowest BCUT2D eigenvalue weighted by atomic mass is 9.43. The smallest absolute Gasteiger partial charge is 0.410 e. The second-order valence-electron chi connectivity index (χ2n) is 15.3. The molecule has 8 atom stereocenters. The maximum Gasteiger partial charge on any atom is 0.410 e. The molecule has 2 heterocycles. The van der Waals surface area contributed by atoms with Gasteiger partial charge in [0.05, 0.1) is 11.9 Å². The summed E-state index contributed by atoms with van der Waals surface area (Å²) in [6.45, 7) is 7.13. The third-order valence-electron chi connectivity index (χ3n) is 13.3. The van der Waals surface area contributed by atoms with Gasteiger partial charge in [-0.3, -0.25) is 0 Å². The molecule has 46 heavy (non-hydrogen) atoms. The average Bonchev–Trinajstić information content (AvgIpc) is 3.35. The molecule has 1 aromatic heterocycles. The first-order valence-corrected chi connectivity index (χ1v) is 17.4. The summed E-state index contributed by atoms with van der Waals surface area (Å²) in [5.74, 6) is 1.37. The largest absolute Gasteiger partial charge is 0.446 e. The third-order valence-corrected chi connectivity index (χ3v) is 13.3. The van der Waals surface area contributed by atoms with Crippen molar-refractivity contribution in [2.75, 3.05) is 26.2 Å². The van der Waals surface area contributed by atoms with Crippen molar-refractivity contribution in [3.05, 3.63) is 70.3 Å². The summed E-state index contributed by atoms with van der Waals surface area (Å²) in [7, 11) is 0. The Bertz CT molecular complexity index is 1470. The van der Waals surface area contributed by atoms with E-state index in [2.05, 4.69) is 19.2 Å². The predicted molar refractivity (Wildman–Crippen MR) is 173 cm³/mol. The van der Waals surface area contributed by atoms with Crippen molar-refractivity contribution in [1.29, 1.82) is 0 Å². The molecule has 1 aromatic carbocycles. The van der Waals surface area contributed by atoms with E-state index in [-0.39, 0.29) is 46.5 Å². The van der Waals surface area contributed by atoms with E-state index in [1.165, 1.54) is 6.07 Å². The lowest BCUT2D eigenvalue weighted by molar-refractivity contribution is -0.205. The zero-order valence-electron chi connectivity index (χ0n) is 27.3. The molecule has 2 aromatic rings. The third kappa shape index (κ3) is 5.32. The van der Waals surface area contributed by atoms with Crippen molar-refractivity contribution in [3.63, 3.8) is 0 Å². The van der Waals surface area contributed by atoms with Gasteiger partial charge in [-0.2, -0.15) is 0 Å². The number of benzene rings is 1. The molecule has 5 aliphatic rings. The predicted octanol–water partition coefficient (Wildman–Crippen LogP) is 5.91. The number of ether oxygens (including phenoxy) is 1. The molecule has 5 fully saturated rings. The second-order valence-corrected chi connectivity index (χ2v) is 15.3. The highest BCUT2D eigenvalue weighted by Crippen LogP contribution is 2.70. The molecule has 0 bridgehead atoms. The van der Waals surface area contributed by atoms with Crippen molar-refractivity contribution in [3.8, 4) is 0 Å². The molecule has 4 aliphatic carbocycles. The number of carbonyl (C=O) groups is 2. The van der Waals surface area contributed by atoms with Crippen LogP contribution in [0.2, 0.25) is 0 Å². The maximum atomic E-state index is 13.2. The van der Waals surface area contributed by atoms with Crippen molar-refractivity contribution >= 4 is 12.1 Å². The topological polar surface area (TPSA) is 112 Å². The Balaban J connectivity index is 0.928. The summed E-state index contributed by atoms with van der Waals surface area (Å²) in [6.07, 6.45) is 9.81. The highest BCUT2D eigenvalue weighted by atomic mass is 16.6. The Hall–Kier alpha value is -3.33. The SMILES string of the molecule is C[C@]12CC[C@H](OC(=O)N3CCN(C(=O)NCc4ccccc4)CC3)C[C@H]1CC[C@@H]1[C@@H]2CC[C@]2(C)[C@@H](c3ccc(=O)oc3)CC[C@]12O. The number of nitrogens with zero attached hydrogens (tertiary/aromatic N) is 2. The van der Waals surface area contributed by atoms with Crippen LogP contribution in [0.25, 0.3) is 0 Å². The maximum absolute atomic E-state index is 13.2. The van der Waals surface area contributed by atoms with E-state index in [4.69, 9.17) is 9.15 Å². The van der Waals surface area contributed by atoms with Crippen LogP contribution in [0.4, 0.5) is 9.59 Å². The van der Waals surface area contributed by atoms with E-state index in [1.807, 2.05) is 36.4 Å². The number of amides is 3. The summed E-state index contributed by atoms with van der Waals surface area (Å²) in [4.78, 5) is 41.0. The van der Waals surface area contributed by atoms with Crippen LogP contribution >= 0.6 is 0 Å². The van der Waals surface area contributed by atoms with Gasteiger partial charge in [-0.05, 0) is 104 Å². The molecule has 0 radical (unpaired) electrons. The summed E-state index contributed by atoms with van der Waals surface area (Å²) < 4.78 is 11.4. The van der Waals surface area contributed by atoms with Crippen LogP contribution in [0.3, 0.4) is 0 Å². The minimum absolute atomic E-state index is 0.0881. The molecule has 248 valence electrons. The van der Waals surface area contributed by atoms with Crippen molar-refractivity contribution < 1.29 is 23.8 Å². The highest BCUT2D eigenvalue weighted by molar-refractivity contribution is 5.75. The quantitative estimate of drug-likeness (QED) is 0.434. The lowest BCUT2D eigenvalue weighted by Crippen LogP contribution is -2.62. The van der Waals surface area contributed by atoms with E-state index in [1.54, 1.807) is 16.1 Å². The van der Waals surface area contributed by atoms with Gasteiger partial charge in [0.25, 0.3) is 0 Å². The van der Waals surface area contributed by atoms with Gasteiger partial charge >= 0.3 is 17.7 Å². The molecule has 0 spiro atoms. The average molecular weight is 632 g/mol. The highest BCUT2D eigenvalue weighted by Gasteiger charge is 2.67. The molecule has 4 saturated carbocycles. The minimum Gasteiger partial charge on any atom is -0.446 e. The van der Waals surface area contributed by atoms with E-state index >= 15 is 0 Å². The number of aliphatic hydroxyl groups is 1. The van der Waals surface area contributed by atoms with Gasteiger partial charge in [0.15, 0.2) is 0 Å². The normalized spacial score (nSPS) is 37.1. The van der Waals surface area contributed by atoms with Crippen molar-refractivity contribution in [2.45, 2.75) is 95.8 Å². The number of urea groups is 1. The Kier molecular flexibility index (Phi) is 8.18. The fourth-order valence-electron chi connectivity index (χ4n) is 10.6. The van der Waals surface area contributed by atoms with E-state index in [0.717, 1.165) is 68.9 Å². The molecule has 1 saturated heterocycles.